The minimum absolute atomic E-state index is 0.00215. The van der Waals surface area contributed by atoms with Crippen LogP contribution in [0.5, 0.6) is 5.75 Å². The van der Waals surface area contributed by atoms with Gasteiger partial charge in [0.15, 0.2) is 6.54 Å². The summed E-state index contributed by atoms with van der Waals surface area (Å²) in [7, 11) is 0. The number of hydrogen-bond donors (Lipinski definition) is 2. The van der Waals surface area contributed by atoms with E-state index in [1.54, 1.807) is 6.07 Å². The molecule has 0 aliphatic carbocycles. The molecule has 32 heavy (non-hydrogen) atoms. The number of carboxylic acid groups (broad SMARTS) is 1. The first kappa shape index (κ1) is 21.7. The second kappa shape index (κ2) is 9.71. The van der Waals surface area contributed by atoms with Gasteiger partial charge in [-0.05, 0) is 28.5 Å². The first-order valence-corrected chi connectivity index (χ1v) is 10.5. The number of benzene rings is 2. The van der Waals surface area contributed by atoms with Crippen molar-refractivity contribution in [2.45, 2.75) is 12.6 Å². The van der Waals surface area contributed by atoms with Crippen molar-refractivity contribution in [3.63, 3.8) is 0 Å². The predicted molar refractivity (Wildman–Crippen MR) is 119 cm³/mol. The van der Waals surface area contributed by atoms with Crippen molar-refractivity contribution < 1.29 is 15.0 Å². The van der Waals surface area contributed by atoms with E-state index < -0.39 is 5.97 Å². The number of piperazine rings is 1. The van der Waals surface area contributed by atoms with Gasteiger partial charge in [0, 0.05) is 38.3 Å². The molecular formula is C23H26N6O3. The summed E-state index contributed by atoms with van der Waals surface area (Å²) in [5, 5.41) is 30.8. The Labute approximate surface area is 186 Å². The van der Waals surface area contributed by atoms with E-state index in [-0.39, 0.29) is 18.3 Å². The van der Waals surface area contributed by atoms with E-state index in [0.717, 1.165) is 54.2 Å². The highest BCUT2D eigenvalue weighted by atomic mass is 16.4. The van der Waals surface area contributed by atoms with Crippen LogP contribution < -0.4 is 0 Å². The quantitative estimate of drug-likeness (QED) is 0.519. The molecule has 0 radical (unpaired) electrons. The number of carbonyl (C=O) groups is 1. The van der Waals surface area contributed by atoms with Crippen molar-refractivity contribution in [2.75, 3.05) is 32.7 Å². The molecule has 9 heteroatoms. The first-order valence-electron chi connectivity index (χ1n) is 10.5. The van der Waals surface area contributed by atoms with Crippen LogP contribution in [-0.4, -0.2) is 78.9 Å². The third kappa shape index (κ3) is 5.01. The number of hydrogen-bond acceptors (Lipinski definition) is 7. The third-order valence-electron chi connectivity index (χ3n) is 5.56. The molecule has 2 N–H and O–H groups in total. The second-order valence-electron chi connectivity index (χ2n) is 7.78. The van der Waals surface area contributed by atoms with Crippen LogP contribution in [-0.2, 0) is 11.3 Å². The maximum absolute atomic E-state index is 10.8. The number of nitrogens with zero attached hydrogens (tertiary/aromatic N) is 6. The maximum Gasteiger partial charge on any atom is 0.327 e. The summed E-state index contributed by atoms with van der Waals surface area (Å²) < 4.78 is 0. The number of tetrazole rings is 1. The van der Waals surface area contributed by atoms with Crippen LogP contribution >= 0.6 is 0 Å². The molecule has 4 rings (SSSR count). The van der Waals surface area contributed by atoms with Crippen LogP contribution in [0.2, 0.25) is 0 Å². The van der Waals surface area contributed by atoms with Gasteiger partial charge in [0.05, 0.1) is 6.04 Å². The molecule has 0 amide bonds. The molecule has 9 nitrogen and oxygen atoms in total. The molecular weight excluding hydrogens is 408 g/mol. The Morgan fingerprint density at radius 2 is 1.84 bits per heavy atom. The van der Waals surface area contributed by atoms with Crippen LogP contribution in [0.4, 0.5) is 0 Å². The fourth-order valence-corrected chi connectivity index (χ4v) is 4.06. The smallest absolute Gasteiger partial charge is 0.327 e. The molecule has 0 bridgehead atoms. The van der Waals surface area contributed by atoms with Crippen LogP contribution in [0, 0.1) is 0 Å². The van der Waals surface area contributed by atoms with Crippen molar-refractivity contribution in [1.29, 1.82) is 0 Å². The van der Waals surface area contributed by atoms with Gasteiger partial charge < -0.3 is 10.2 Å². The highest BCUT2D eigenvalue weighted by Gasteiger charge is 2.26. The summed E-state index contributed by atoms with van der Waals surface area (Å²) >= 11 is 0. The summed E-state index contributed by atoms with van der Waals surface area (Å²) in [6.45, 7) is 8.10. The van der Waals surface area contributed by atoms with Crippen LogP contribution in [0.15, 0.2) is 61.2 Å². The minimum atomic E-state index is -1.02. The number of aromatic nitrogens is 4. The molecule has 1 aromatic heterocycles. The Hall–Kier alpha value is -3.56. The van der Waals surface area contributed by atoms with Gasteiger partial charge in [-0.15, -0.1) is 16.8 Å². The SMILES string of the molecule is C=CCN1CCN(C(c2ccc(-c3nnn(CC(=O)O)n3)cc2)c2cccc(O)c2)CC1. The zero-order valence-corrected chi connectivity index (χ0v) is 17.7. The molecule has 2 aromatic carbocycles. The van der Waals surface area contributed by atoms with Gasteiger partial charge in [0.2, 0.25) is 5.82 Å². The normalized spacial score (nSPS) is 16.0. The Balaban J connectivity index is 1.59. The van der Waals surface area contributed by atoms with Gasteiger partial charge in [0.25, 0.3) is 0 Å². The van der Waals surface area contributed by atoms with E-state index in [1.165, 1.54) is 0 Å². The summed E-state index contributed by atoms with van der Waals surface area (Å²) in [6.07, 6.45) is 1.93. The van der Waals surface area contributed by atoms with Gasteiger partial charge in [0.1, 0.15) is 5.75 Å². The van der Waals surface area contributed by atoms with Crippen LogP contribution in [0.1, 0.15) is 17.2 Å². The Morgan fingerprint density at radius 3 is 2.50 bits per heavy atom. The summed E-state index contributed by atoms with van der Waals surface area (Å²) in [4.78, 5) is 16.7. The van der Waals surface area contributed by atoms with Crippen molar-refractivity contribution in [3.05, 3.63) is 72.3 Å². The van der Waals surface area contributed by atoms with Crippen LogP contribution in [0.25, 0.3) is 11.4 Å². The number of aliphatic carboxylic acids is 1. The monoisotopic (exact) mass is 434 g/mol. The van der Waals surface area contributed by atoms with E-state index in [2.05, 4.69) is 31.8 Å². The molecule has 1 aliphatic rings. The Bertz CT molecular complexity index is 1070. The number of carboxylic acids is 1. The molecule has 1 saturated heterocycles. The summed E-state index contributed by atoms with van der Waals surface area (Å²) in [5.74, 6) is -0.398. The average molecular weight is 435 g/mol. The molecule has 1 fully saturated rings. The molecule has 0 spiro atoms. The lowest BCUT2D eigenvalue weighted by Gasteiger charge is -2.39. The number of phenols is 1. The molecule has 166 valence electrons. The zero-order valence-electron chi connectivity index (χ0n) is 17.7. The van der Waals surface area contributed by atoms with E-state index in [0.29, 0.717) is 5.82 Å². The largest absolute Gasteiger partial charge is 0.508 e. The lowest BCUT2D eigenvalue weighted by atomic mass is 9.95. The predicted octanol–water partition coefficient (Wildman–Crippen LogP) is 2.02. The molecule has 3 aromatic rings. The number of phenolic OH excluding ortho intramolecular Hbond substituents is 1. The second-order valence-corrected chi connectivity index (χ2v) is 7.78. The highest BCUT2D eigenvalue weighted by Crippen LogP contribution is 2.32. The van der Waals surface area contributed by atoms with E-state index in [4.69, 9.17) is 5.11 Å². The molecule has 2 heterocycles. The van der Waals surface area contributed by atoms with Gasteiger partial charge in [-0.3, -0.25) is 14.6 Å². The standard InChI is InChI=1S/C23H26N6O3/c1-2-10-27-11-13-28(14-12-27)22(19-4-3-5-20(30)15-19)17-6-8-18(9-7-17)23-24-26-29(25-23)16-21(31)32/h2-9,15,22,30H,1,10-14,16H2,(H,31,32). The topological polar surface area (TPSA) is 108 Å². The minimum Gasteiger partial charge on any atom is -0.508 e. The average Bonchev–Trinajstić information content (AvgIpc) is 3.24. The fraction of sp³-hybridized carbons (Fsp3) is 0.304. The van der Waals surface area contributed by atoms with Crippen molar-refractivity contribution in [3.8, 4) is 17.1 Å². The highest BCUT2D eigenvalue weighted by molar-refractivity contribution is 5.66. The van der Waals surface area contributed by atoms with E-state index >= 15 is 0 Å². The first-order chi connectivity index (χ1) is 15.5. The van der Waals surface area contributed by atoms with Crippen molar-refractivity contribution in [1.82, 2.24) is 30.0 Å². The van der Waals surface area contributed by atoms with Gasteiger partial charge in [-0.25, -0.2) is 0 Å². The summed E-state index contributed by atoms with van der Waals surface area (Å²) in [5.41, 5.74) is 2.88. The number of aromatic hydroxyl groups is 1. The van der Waals surface area contributed by atoms with Crippen LogP contribution in [0.3, 0.4) is 0 Å². The zero-order chi connectivity index (χ0) is 22.5. The molecule has 1 aliphatic heterocycles. The van der Waals surface area contributed by atoms with Gasteiger partial charge in [-0.2, -0.15) is 4.80 Å². The van der Waals surface area contributed by atoms with Crippen molar-refractivity contribution >= 4 is 5.97 Å². The Morgan fingerprint density at radius 1 is 1.09 bits per heavy atom. The lowest BCUT2D eigenvalue weighted by molar-refractivity contribution is -0.138. The molecule has 1 unspecified atom stereocenters. The van der Waals surface area contributed by atoms with Gasteiger partial charge in [-0.1, -0.05) is 42.5 Å². The van der Waals surface area contributed by atoms with E-state index in [1.807, 2.05) is 48.5 Å². The molecule has 1 atom stereocenters. The van der Waals surface area contributed by atoms with Gasteiger partial charge >= 0.3 is 5.97 Å². The molecule has 0 saturated carbocycles. The maximum atomic E-state index is 10.8. The van der Waals surface area contributed by atoms with Crippen molar-refractivity contribution in [2.24, 2.45) is 0 Å². The van der Waals surface area contributed by atoms with E-state index in [9.17, 15) is 9.90 Å². The lowest BCUT2D eigenvalue weighted by Crippen LogP contribution is -2.47. The summed E-state index contributed by atoms with van der Waals surface area (Å²) in [6, 6.07) is 15.3. The Kier molecular flexibility index (Phi) is 6.58. The fourth-order valence-electron chi connectivity index (χ4n) is 4.06. The third-order valence-corrected chi connectivity index (χ3v) is 5.56. The number of rotatable bonds is 8.